The van der Waals surface area contributed by atoms with Crippen molar-refractivity contribution in [2.75, 3.05) is 32.7 Å². The quantitative estimate of drug-likeness (QED) is 0.409. The van der Waals surface area contributed by atoms with Crippen LogP contribution in [-0.2, 0) is 27.9 Å². The number of amides is 1. The van der Waals surface area contributed by atoms with Gasteiger partial charge in [0.15, 0.2) is 0 Å². The number of halogens is 3. The Labute approximate surface area is 220 Å². The van der Waals surface area contributed by atoms with Gasteiger partial charge in [-0.2, -0.15) is 4.31 Å². The predicted octanol–water partition coefficient (Wildman–Crippen LogP) is 4.67. The Kier molecular flexibility index (Phi) is 8.64. The third kappa shape index (κ3) is 6.44. The zero-order valence-electron chi connectivity index (χ0n) is 19.5. The summed E-state index contributed by atoms with van der Waals surface area (Å²) in [5, 5.41) is 0.468. The average Bonchev–Trinajstić information content (AvgIpc) is 2.87. The number of rotatable bonds is 8. The van der Waals surface area contributed by atoms with Crippen LogP contribution in [-0.4, -0.2) is 61.2 Å². The van der Waals surface area contributed by atoms with Gasteiger partial charge in [0.1, 0.15) is 5.82 Å². The Hall–Kier alpha value is -2.49. The van der Waals surface area contributed by atoms with E-state index < -0.39 is 22.4 Å². The zero-order valence-corrected chi connectivity index (χ0v) is 21.8. The normalized spacial score (nSPS) is 14.8. The maximum absolute atomic E-state index is 14.5. The highest BCUT2D eigenvalue weighted by Gasteiger charge is 2.31. The van der Waals surface area contributed by atoms with E-state index in [4.69, 9.17) is 23.2 Å². The monoisotopic (exact) mass is 549 g/mol. The molecule has 0 spiro atoms. The van der Waals surface area contributed by atoms with Gasteiger partial charge >= 0.3 is 0 Å². The maximum atomic E-state index is 14.5. The molecule has 0 aromatic heterocycles. The molecule has 0 radical (unpaired) electrons. The van der Waals surface area contributed by atoms with Crippen molar-refractivity contribution >= 4 is 39.1 Å². The zero-order chi connectivity index (χ0) is 25.7. The first kappa shape index (κ1) is 26.6. The first-order valence-corrected chi connectivity index (χ1v) is 13.7. The Morgan fingerprint density at radius 2 is 1.56 bits per heavy atom. The van der Waals surface area contributed by atoms with Crippen molar-refractivity contribution in [1.82, 2.24) is 14.1 Å². The van der Waals surface area contributed by atoms with Crippen molar-refractivity contribution in [3.05, 3.63) is 99.8 Å². The summed E-state index contributed by atoms with van der Waals surface area (Å²) in [5.41, 5.74) is 1.21. The van der Waals surface area contributed by atoms with Gasteiger partial charge in [0.2, 0.25) is 15.9 Å². The summed E-state index contributed by atoms with van der Waals surface area (Å²) in [6, 6.07) is 19.9. The van der Waals surface area contributed by atoms with Gasteiger partial charge < -0.3 is 4.90 Å². The molecule has 1 aliphatic heterocycles. The molecule has 0 saturated carbocycles. The van der Waals surface area contributed by atoms with Crippen molar-refractivity contribution in [1.29, 1.82) is 0 Å². The number of hydrogen-bond acceptors (Lipinski definition) is 4. The molecule has 6 nitrogen and oxygen atoms in total. The lowest BCUT2D eigenvalue weighted by atomic mass is 10.2. The molecule has 0 bridgehead atoms. The van der Waals surface area contributed by atoms with Gasteiger partial charge in [0, 0.05) is 54.9 Å². The minimum atomic E-state index is -4.14. The van der Waals surface area contributed by atoms with Crippen LogP contribution in [0.2, 0.25) is 10.0 Å². The van der Waals surface area contributed by atoms with Crippen LogP contribution >= 0.6 is 23.2 Å². The van der Waals surface area contributed by atoms with Crippen LogP contribution in [0.1, 0.15) is 11.1 Å². The number of carbonyl (C=O) groups is 1. The molecule has 3 aromatic carbocycles. The summed E-state index contributed by atoms with van der Waals surface area (Å²) in [5.74, 6) is -0.986. The highest BCUT2D eigenvalue weighted by atomic mass is 35.5. The molecule has 1 fully saturated rings. The molecule has 1 saturated heterocycles. The van der Waals surface area contributed by atoms with E-state index in [0.29, 0.717) is 31.2 Å². The van der Waals surface area contributed by atoms with E-state index in [9.17, 15) is 17.6 Å². The van der Waals surface area contributed by atoms with E-state index in [1.165, 1.54) is 48.0 Å². The highest BCUT2D eigenvalue weighted by Crippen LogP contribution is 2.25. The van der Waals surface area contributed by atoms with Gasteiger partial charge in [0.25, 0.3) is 0 Å². The Morgan fingerprint density at radius 3 is 2.19 bits per heavy atom. The molecule has 1 aliphatic rings. The summed E-state index contributed by atoms with van der Waals surface area (Å²) in [6.45, 7) is 2.26. The van der Waals surface area contributed by atoms with Gasteiger partial charge in [-0.05, 0) is 42.0 Å². The first-order chi connectivity index (χ1) is 17.2. The fraction of sp³-hybridized carbons (Fsp3) is 0.269. The smallest absolute Gasteiger partial charge is 0.243 e. The van der Waals surface area contributed by atoms with Crippen molar-refractivity contribution in [3.8, 4) is 0 Å². The maximum Gasteiger partial charge on any atom is 0.243 e. The third-order valence-corrected chi connectivity index (χ3v) is 8.55. The lowest BCUT2D eigenvalue weighted by Crippen LogP contribution is -2.51. The van der Waals surface area contributed by atoms with Crippen LogP contribution in [0.5, 0.6) is 0 Å². The van der Waals surface area contributed by atoms with E-state index in [1.807, 2.05) is 18.2 Å². The number of hydrogen-bond donors (Lipinski definition) is 0. The molecule has 4 rings (SSSR count). The van der Waals surface area contributed by atoms with Gasteiger partial charge in [-0.25, -0.2) is 12.8 Å². The van der Waals surface area contributed by atoms with Gasteiger partial charge in [0.05, 0.1) is 11.4 Å². The molecule has 1 heterocycles. The van der Waals surface area contributed by atoms with Crippen molar-refractivity contribution < 1.29 is 17.6 Å². The number of carbonyl (C=O) groups excluding carboxylic acids is 1. The molecule has 36 heavy (non-hydrogen) atoms. The highest BCUT2D eigenvalue weighted by molar-refractivity contribution is 7.89. The SMILES string of the molecule is O=C(CN(Cc1c(F)cccc1Cl)S(=O)(=O)c1ccc(Cl)cc1)N1CCN(Cc2ccccc2)CC1. The topological polar surface area (TPSA) is 60.9 Å². The number of piperazine rings is 1. The van der Waals surface area contributed by atoms with Crippen LogP contribution < -0.4 is 0 Å². The van der Waals surface area contributed by atoms with E-state index >= 15 is 0 Å². The minimum Gasteiger partial charge on any atom is -0.339 e. The fourth-order valence-electron chi connectivity index (χ4n) is 4.09. The molecule has 10 heteroatoms. The molecule has 1 amide bonds. The summed E-state index contributed by atoms with van der Waals surface area (Å²) < 4.78 is 42.5. The fourth-order valence-corrected chi connectivity index (χ4v) is 5.80. The summed E-state index contributed by atoms with van der Waals surface area (Å²) in [7, 11) is -4.14. The standard InChI is InChI=1S/C26H26Cl2FN3O3S/c27-21-9-11-22(12-10-21)36(34,35)32(18-23-24(28)7-4-8-25(23)29)19-26(33)31-15-13-30(14-16-31)17-20-5-2-1-3-6-20/h1-12H,13-19H2. The Bertz CT molecular complexity index is 1280. The molecule has 0 unspecified atom stereocenters. The van der Waals surface area contributed by atoms with Gasteiger partial charge in [-0.3, -0.25) is 9.69 Å². The van der Waals surface area contributed by atoms with Crippen LogP contribution in [0, 0.1) is 5.82 Å². The number of sulfonamides is 1. The lowest BCUT2D eigenvalue weighted by molar-refractivity contribution is -0.133. The first-order valence-electron chi connectivity index (χ1n) is 11.5. The lowest BCUT2D eigenvalue weighted by Gasteiger charge is -2.35. The van der Waals surface area contributed by atoms with Gasteiger partial charge in [-0.1, -0.05) is 59.6 Å². The average molecular weight is 550 g/mol. The minimum absolute atomic E-state index is 0.0113. The molecule has 3 aromatic rings. The third-order valence-electron chi connectivity index (χ3n) is 6.13. The van der Waals surface area contributed by atoms with Crippen molar-refractivity contribution in [2.45, 2.75) is 18.0 Å². The molecule has 0 aliphatic carbocycles. The van der Waals surface area contributed by atoms with E-state index in [0.717, 1.165) is 10.8 Å². The second-order valence-electron chi connectivity index (χ2n) is 8.57. The Balaban J connectivity index is 1.50. The predicted molar refractivity (Wildman–Crippen MR) is 139 cm³/mol. The second kappa shape index (κ2) is 11.7. The Morgan fingerprint density at radius 1 is 0.889 bits per heavy atom. The summed E-state index contributed by atoms with van der Waals surface area (Å²) in [4.78, 5) is 17.1. The van der Waals surface area contributed by atoms with E-state index in [1.54, 1.807) is 4.90 Å². The van der Waals surface area contributed by atoms with Crippen molar-refractivity contribution in [3.63, 3.8) is 0 Å². The molecule has 0 atom stereocenters. The second-order valence-corrected chi connectivity index (χ2v) is 11.4. The molecular weight excluding hydrogens is 524 g/mol. The molecule has 190 valence electrons. The number of nitrogens with zero attached hydrogens (tertiary/aromatic N) is 3. The van der Waals surface area contributed by atoms with Crippen LogP contribution in [0.15, 0.2) is 77.7 Å². The van der Waals surface area contributed by atoms with Crippen LogP contribution in [0.3, 0.4) is 0 Å². The molecular formula is C26H26Cl2FN3O3S. The number of benzene rings is 3. The van der Waals surface area contributed by atoms with Gasteiger partial charge in [-0.15, -0.1) is 0 Å². The largest absolute Gasteiger partial charge is 0.339 e. The van der Waals surface area contributed by atoms with E-state index in [-0.39, 0.29) is 27.9 Å². The van der Waals surface area contributed by atoms with E-state index in [2.05, 4.69) is 17.0 Å². The van der Waals surface area contributed by atoms with Crippen molar-refractivity contribution in [2.24, 2.45) is 0 Å². The summed E-state index contributed by atoms with van der Waals surface area (Å²) >= 11 is 12.1. The molecule has 0 N–H and O–H groups in total. The van der Waals surface area contributed by atoms with Crippen LogP contribution in [0.25, 0.3) is 0 Å². The summed E-state index contributed by atoms with van der Waals surface area (Å²) in [6.07, 6.45) is 0. The van der Waals surface area contributed by atoms with Crippen LogP contribution in [0.4, 0.5) is 4.39 Å².